The molecule has 0 aromatic carbocycles. The summed E-state index contributed by atoms with van der Waals surface area (Å²) in [5, 5.41) is 0. The van der Waals surface area contributed by atoms with E-state index in [4.69, 9.17) is 5.84 Å². The van der Waals surface area contributed by atoms with Crippen LogP contribution in [-0.2, 0) is 0 Å². The second-order valence-electron chi connectivity index (χ2n) is 3.83. The third-order valence-corrected chi connectivity index (χ3v) is 3.35. The monoisotopic (exact) mass is 185 g/mol. The van der Waals surface area contributed by atoms with Crippen molar-refractivity contribution in [1.29, 1.82) is 0 Å². The average Bonchev–Trinajstić information content (AvgIpc) is 2.61. The van der Waals surface area contributed by atoms with Crippen molar-refractivity contribution in [2.24, 2.45) is 11.3 Å². The molecule has 0 bridgehead atoms. The minimum Gasteiger partial charge on any atom is -0.323 e. The van der Waals surface area contributed by atoms with Gasteiger partial charge in [0.15, 0.2) is 0 Å². The van der Waals surface area contributed by atoms with Crippen LogP contribution >= 0.6 is 0 Å². The second kappa shape index (κ2) is 3.96. The number of hydrogen-bond acceptors (Lipinski definition) is 2. The van der Waals surface area contributed by atoms with E-state index < -0.39 is 0 Å². The fourth-order valence-corrected chi connectivity index (χ4v) is 2.03. The number of hydrazine groups is 1. The van der Waals surface area contributed by atoms with Crippen LogP contribution in [0.2, 0.25) is 0 Å². The van der Waals surface area contributed by atoms with Gasteiger partial charge in [-0.1, -0.05) is 13.8 Å². The summed E-state index contributed by atoms with van der Waals surface area (Å²) in [6.07, 6.45) is 3.38. The van der Waals surface area contributed by atoms with Crippen LogP contribution in [0, 0.1) is 5.41 Å². The highest BCUT2D eigenvalue weighted by molar-refractivity contribution is 5.73. The molecule has 1 heterocycles. The summed E-state index contributed by atoms with van der Waals surface area (Å²) in [4.78, 5) is 13.0. The molecule has 0 spiro atoms. The van der Waals surface area contributed by atoms with Crippen LogP contribution in [0.15, 0.2) is 0 Å². The molecule has 0 aliphatic carbocycles. The summed E-state index contributed by atoms with van der Waals surface area (Å²) in [5.74, 6) is 5.08. The standard InChI is InChI=1S/C9H19N3O/c1-3-9(4-2)5-6-12(7-9)8(13)11-10/h3-7,10H2,1-2H3,(H,11,13). The van der Waals surface area contributed by atoms with Gasteiger partial charge in [0, 0.05) is 13.1 Å². The minimum absolute atomic E-state index is 0.149. The molecule has 13 heavy (non-hydrogen) atoms. The van der Waals surface area contributed by atoms with Crippen LogP contribution in [0.3, 0.4) is 0 Å². The van der Waals surface area contributed by atoms with Gasteiger partial charge in [-0.2, -0.15) is 0 Å². The Balaban J connectivity index is 2.56. The van der Waals surface area contributed by atoms with E-state index in [1.807, 2.05) is 0 Å². The molecule has 2 amide bonds. The zero-order chi connectivity index (χ0) is 9.90. The van der Waals surface area contributed by atoms with Crippen molar-refractivity contribution in [3.05, 3.63) is 0 Å². The molecular formula is C9H19N3O. The number of amides is 2. The third kappa shape index (κ3) is 1.94. The first kappa shape index (κ1) is 10.3. The molecule has 4 heteroatoms. The minimum atomic E-state index is -0.149. The van der Waals surface area contributed by atoms with E-state index in [0.29, 0.717) is 5.41 Å². The quantitative estimate of drug-likeness (QED) is 0.384. The zero-order valence-corrected chi connectivity index (χ0v) is 8.47. The van der Waals surface area contributed by atoms with E-state index in [9.17, 15) is 4.79 Å². The third-order valence-electron chi connectivity index (χ3n) is 3.35. The normalized spacial score (nSPS) is 20.4. The maximum absolute atomic E-state index is 11.2. The van der Waals surface area contributed by atoms with Crippen molar-refractivity contribution in [2.75, 3.05) is 13.1 Å². The highest BCUT2D eigenvalue weighted by atomic mass is 16.2. The number of hydrogen-bond donors (Lipinski definition) is 2. The van der Waals surface area contributed by atoms with Crippen LogP contribution in [0.1, 0.15) is 33.1 Å². The molecule has 1 fully saturated rings. The van der Waals surface area contributed by atoms with Crippen molar-refractivity contribution < 1.29 is 4.79 Å². The number of likely N-dealkylation sites (tertiary alicyclic amines) is 1. The first-order valence-corrected chi connectivity index (χ1v) is 4.93. The Labute approximate surface area is 79.4 Å². The Kier molecular flexibility index (Phi) is 3.14. The molecule has 1 aliphatic heterocycles. The maximum atomic E-state index is 11.2. The van der Waals surface area contributed by atoms with Crippen molar-refractivity contribution in [1.82, 2.24) is 10.3 Å². The van der Waals surface area contributed by atoms with Gasteiger partial charge in [0.1, 0.15) is 0 Å². The Hall–Kier alpha value is -0.770. The molecule has 0 aromatic rings. The van der Waals surface area contributed by atoms with Crippen molar-refractivity contribution in [3.63, 3.8) is 0 Å². The lowest BCUT2D eigenvalue weighted by Crippen LogP contribution is -2.43. The van der Waals surface area contributed by atoms with Gasteiger partial charge in [0.05, 0.1) is 0 Å². The fourth-order valence-electron chi connectivity index (χ4n) is 2.03. The smallest absolute Gasteiger partial charge is 0.323 e. The SMILES string of the molecule is CCC1(CC)CCN(C(=O)NN)C1. The van der Waals surface area contributed by atoms with Gasteiger partial charge in [0.25, 0.3) is 0 Å². The molecule has 0 atom stereocenters. The number of carbonyl (C=O) groups is 1. The number of nitrogens with zero attached hydrogens (tertiary/aromatic N) is 1. The number of rotatable bonds is 2. The Morgan fingerprint density at radius 1 is 1.54 bits per heavy atom. The predicted octanol–water partition coefficient (Wildman–Crippen LogP) is 1.08. The maximum Gasteiger partial charge on any atom is 0.331 e. The van der Waals surface area contributed by atoms with Gasteiger partial charge in [-0.3, -0.25) is 5.43 Å². The van der Waals surface area contributed by atoms with Crippen LogP contribution in [0.5, 0.6) is 0 Å². The average molecular weight is 185 g/mol. The van der Waals surface area contributed by atoms with Gasteiger partial charge in [-0.15, -0.1) is 0 Å². The molecule has 4 nitrogen and oxygen atoms in total. The molecule has 0 radical (unpaired) electrons. The fraction of sp³-hybridized carbons (Fsp3) is 0.889. The lowest BCUT2D eigenvalue weighted by atomic mass is 9.82. The van der Waals surface area contributed by atoms with E-state index in [2.05, 4.69) is 19.3 Å². The van der Waals surface area contributed by atoms with Crippen molar-refractivity contribution in [3.8, 4) is 0 Å². The summed E-state index contributed by atoms with van der Waals surface area (Å²) in [6.45, 7) is 6.06. The van der Waals surface area contributed by atoms with Crippen LogP contribution in [0.25, 0.3) is 0 Å². The molecule has 0 unspecified atom stereocenters. The van der Waals surface area contributed by atoms with E-state index in [1.54, 1.807) is 4.90 Å². The molecule has 3 N–H and O–H groups in total. The highest BCUT2D eigenvalue weighted by Crippen LogP contribution is 2.36. The summed E-state index contributed by atoms with van der Waals surface area (Å²) in [5.41, 5.74) is 2.52. The van der Waals surface area contributed by atoms with Gasteiger partial charge >= 0.3 is 6.03 Å². The highest BCUT2D eigenvalue weighted by Gasteiger charge is 2.36. The topological polar surface area (TPSA) is 58.4 Å². The van der Waals surface area contributed by atoms with Gasteiger partial charge in [-0.25, -0.2) is 10.6 Å². The van der Waals surface area contributed by atoms with E-state index in [-0.39, 0.29) is 6.03 Å². The Morgan fingerprint density at radius 2 is 2.15 bits per heavy atom. The first-order chi connectivity index (χ1) is 6.17. The number of nitrogens with two attached hydrogens (primary N) is 1. The summed E-state index contributed by atoms with van der Waals surface area (Å²) in [6, 6.07) is -0.149. The molecule has 1 aliphatic rings. The van der Waals surface area contributed by atoms with Gasteiger partial charge < -0.3 is 4.90 Å². The predicted molar refractivity (Wildman–Crippen MR) is 51.9 cm³/mol. The Morgan fingerprint density at radius 3 is 2.54 bits per heavy atom. The van der Waals surface area contributed by atoms with E-state index in [0.717, 1.165) is 32.4 Å². The number of carbonyl (C=O) groups excluding carboxylic acids is 1. The molecule has 0 saturated carbocycles. The van der Waals surface area contributed by atoms with Gasteiger partial charge in [0.2, 0.25) is 0 Å². The van der Waals surface area contributed by atoms with Gasteiger partial charge in [-0.05, 0) is 24.7 Å². The van der Waals surface area contributed by atoms with Crippen LogP contribution < -0.4 is 11.3 Å². The lowest BCUT2D eigenvalue weighted by molar-refractivity contribution is 0.197. The lowest BCUT2D eigenvalue weighted by Gasteiger charge is -2.25. The molecule has 1 rings (SSSR count). The first-order valence-electron chi connectivity index (χ1n) is 4.93. The van der Waals surface area contributed by atoms with Crippen LogP contribution in [-0.4, -0.2) is 24.0 Å². The molecule has 76 valence electrons. The largest absolute Gasteiger partial charge is 0.331 e. The molecule has 0 aromatic heterocycles. The van der Waals surface area contributed by atoms with Crippen LogP contribution in [0.4, 0.5) is 4.79 Å². The number of nitrogens with one attached hydrogen (secondary N) is 1. The van der Waals surface area contributed by atoms with Crippen molar-refractivity contribution >= 4 is 6.03 Å². The summed E-state index contributed by atoms with van der Waals surface area (Å²) in [7, 11) is 0. The molecular weight excluding hydrogens is 166 g/mol. The Bertz CT molecular complexity index is 189. The van der Waals surface area contributed by atoms with E-state index >= 15 is 0 Å². The number of urea groups is 1. The molecule has 1 saturated heterocycles. The summed E-state index contributed by atoms with van der Waals surface area (Å²) < 4.78 is 0. The summed E-state index contributed by atoms with van der Waals surface area (Å²) >= 11 is 0. The van der Waals surface area contributed by atoms with E-state index in [1.165, 1.54) is 0 Å². The second-order valence-corrected chi connectivity index (χ2v) is 3.83. The zero-order valence-electron chi connectivity index (χ0n) is 8.47. The van der Waals surface area contributed by atoms with Crippen molar-refractivity contribution in [2.45, 2.75) is 33.1 Å².